The average molecular weight is 723 g/mol. The maximum Gasteiger partial charge on any atom is 0.230 e. The fraction of sp³-hybridized carbons (Fsp3) is 0.333. The highest BCUT2D eigenvalue weighted by Crippen LogP contribution is 2.45. The molecular formula is C48H50O6. The summed E-state index contributed by atoms with van der Waals surface area (Å²) in [5.74, 6) is 5.90. The van der Waals surface area contributed by atoms with Crippen molar-refractivity contribution >= 4 is 21.5 Å². The molecule has 54 heavy (non-hydrogen) atoms. The van der Waals surface area contributed by atoms with Gasteiger partial charge in [-0.15, -0.1) is 0 Å². The average Bonchev–Trinajstić information content (AvgIpc) is 3.24. The maximum atomic E-state index is 6.46. The normalized spacial score (nSPS) is 15.2. The van der Waals surface area contributed by atoms with Crippen LogP contribution in [0.2, 0.25) is 0 Å². The van der Waals surface area contributed by atoms with Gasteiger partial charge in [0.2, 0.25) is 13.6 Å². The summed E-state index contributed by atoms with van der Waals surface area (Å²) in [6, 6.07) is 40.6. The number of hydrogen-bond donors (Lipinski definition) is 0. The Kier molecular flexibility index (Phi) is 11.7. The molecule has 0 amide bonds. The summed E-state index contributed by atoms with van der Waals surface area (Å²) < 4.78 is 37.3. The molecule has 8 rings (SSSR count). The van der Waals surface area contributed by atoms with Gasteiger partial charge in [0.1, 0.15) is 34.5 Å². The van der Waals surface area contributed by atoms with Gasteiger partial charge in [0.15, 0.2) is 0 Å². The van der Waals surface area contributed by atoms with Crippen molar-refractivity contribution in [1.29, 1.82) is 0 Å². The summed E-state index contributed by atoms with van der Waals surface area (Å²) >= 11 is 0. The number of rotatable bonds is 15. The van der Waals surface area contributed by atoms with Crippen molar-refractivity contribution in [2.45, 2.75) is 64.2 Å². The topological polar surface area (TPSA) is 55.4 Å². The lowest BCUT2D eigenvalue weighted by molar-refractivity contribution is 0.118. The first kappa shape index (κ1) is 35.7. The summed E-state index contributed by atoms with van der Waals surface area (Å²) in [7, 11) is 0. The molecule has 0 spiro atoms. The van der Waals surface area contributed by atoms with Crippen LogP contribution in [0.25, 0.3) is 32.7 Å². The molecule has 6 nitrogen and oxygen atoms in total. The van der Waals surface area contributed by atoms with Crippen molar-refractivity contribution in [2.24, 2.45) is 11.8 Å². The largest absolute Gasteiger partial charge is 0.493 e. The summed E-state index contributed by atoms with van der Waals surface area (Å²) in [5.41, 5.74) is 1.88. The molecule has 0 atom stereocenters. The Hall–Kier alpha value is -5.36. The highest BCUT2D eigenvalue weighted by atomic mass is 16.7. The molecule has 0 aliphatic heterocycles. The summed E-state index contributed by atoms with van der Waals surface area (Å²) in [6.45, 7) is 1.64. The van der Waals surface area contributed by atoms with Crippen LogP contribution < -0.4 is 28.4 Å². The lowest BCUT2D eigenvalue weighted by atomic mass is 9.90. The van der Waals surface area contributed by atoms with Gasteiger partial charge in [-0.1, -0.05) is 99.2 Å². The fourth-order valence-electron chi connectivity index (χ4n) is 7.98. The molecule has 278 valence electrons. The lowest BCUT2D eigenvalue weighted by Gasteiger charge is -2.21. The first-order valence-electron chi connectivity index (χ1n) is 19.8. The van der Waals surface area contributed by atoms with Gasteiger partial charge in [0, 0.05) is 11.1 Å². The Morgan fingerprint density at radius 3 is 1.13 bits per heavy atom. The van der Waals surface area contributed by atoms with Gasteiger partial charge < -0.3 is 28.4 Å². The fourth-order valence-corrected chi connectivity index (χ4v) is 7.98. The van der Waals surface area contributed by atoms with Gasteiger partial charge in [-0.05, 0) is 120 Å². The third-order valence-electron chi connectivity index (χ3n) is 11.0. The van der Waals surface area contributed by atoms with Gasteiger partial charge in [-0.25, -0.2) is 0 Å². The van der Waals surface area contributed by atoms with E-state index in [0.29, 0.717) is 23.3 Å². The predicted octanol–water partition coefficient (Wildman–Crippen LogP) is 12.4. The van der Waals surface area contributed by atoms with Gasteiger partial charge in [-0.2, -0.15) is 0 Å². The molecule has 2 aliphatic carbocycles. The highest BCUT2D eigenvalue weighted by Gasteiger charge is 2.20. The van der Waals surface area contributed by atoms with E-state index in [1.807, 2.05) is 60.7 Å². The van der Waals surface area contributed by atoms with Crippen molar-refractivity contribution < 1.29 is 28.4 Å². The molecule has 0 unspecified atom stereocenters. The molecule has 6 aromatic rings. The molecule has 6 aromatic carbocycles. The van der Waals surface area contributed by atoms with E-state index in [0.717, 1.165) is 68.9 Å². The smallest absolute Gasteiger partial charge is 0.230 e. The lowest BCUT2D eigenvalue weighted by Crippen LogP contribution is -2.15. The number of ether oxygens (including phenoxy) is 6. The second-order valence-corrected chi connectivity index (χ2v) is 14.7. The first-order chi connectivity index (χ1) is 26.8. The Morgan fingerprint density at radius 2 is 0.722 bits per heavy atom. The van der Waals surface area contributed by atoms with Crippen LogP contribution in [0.1, 0.15) is 64.2 Å². The molecule has 0 heterocycles. The van der Waals surface area contributed by atoms with Crippen LogP contribution in [0.15, 0.2) is 121 Å². The van der Waals surface area contributed by atoms with Gasteiger partial charge in [-0.3, -0.25) is 0 Å². The second kappa shape index (κ2) is 17.6. The van der Waals surface area contributed by atoms with Crippen molar-refractivity contribution in [3.05, 3.63) is 121 Å². The zero-order chi connectivity index (χ0) is 36.4. The Balaban J connectivity index is 0.978. The summed E-state index contributed by atoms with van der Waals surface area (Å²) in [5, 5.41) is 4.32. The van der Waals surface area contributed by atoms with E-state index in [1.165, 1.54) is 64.2 Å². The SMILES string of the molecule is c1ccc2c(-c3c(OCOc4ccc(OCC5CCCCC5)cc4)ccc4ccccc34)c(OCOc3ccc(OCC4CCCCC4)cc3)ccc2c1. The van der Waals surface area contributed by atoms with E-state index in [9.17, 15) is 0 Å². The van der Waals surface area contributed by atoms with E-state index < -0.39 is 0 Å². The highest BCUT2D eigenvalue weighted by molar-refractivity contribution is 6.09. The van der Waals surface area contributed by atoms with E-state index in [1.54, 1.807) is 0 Å². The molecule has 0 saturated heterocycles. The zero-order valence-corrected chi connectivity index (χ0v) is 31.1. The van der Waals surface area contributed by atoms with E-state index in [2.05, 4.69) is 60.7 Å². The third-order valence-corrected chi connectivity index (χ3v) is 11.0. The minimum absolute atomic E-state index is 0.0397. The quantitative estimate of drug-likeness (QED) is 0.0984. The monoisotopic (exact) mass is 722 g/mol. The van der Waals surface area contributed by atoms with Crippen LogP contribution in [0.5, 0.6) is 34.5 Å². The summed E-state index contributed by atoms with van der Waals surface area (Å²) in [6.07, 6.45) is 13.0. The van der Waals surface area contributed by atoms with Crippen molar-refractivity contribution in [2.75, 3.05) is 26.8 Å². The molecular weight excluding hydrogens is 673 g/mol. The second-order valence-electron chi connectivity index (χ2n) is 14.7. The minimum atomic E-state index is 0.0397. The number of benzene rings is 6. The predicted molar refractivity (Wildman–Crippen MR) is 216 cm³/mol. The van der Waals surface area contributed by atoms with Crippen LogP contribution in [-0.4, -0.2) is 26.8 Å². The van der Waals surface area contributed by atoms with Crippen LogP contribution >= 0.6 is 0 Å². The maximum absolute atomic E-state index is 6.46. The number of hydrogen-bond acceptors (Lipinski definition) is 6. The molecule has 0 aromatic heterocycles. The van der Waals surface area contributed by atoms with Gasteiger partial charge in [0.05, 0.1) is 13.2 Å². The van der Waals surface area contributed by atoms with E-state index in [-0.39, 0.29) is 13.6 Å². The van der Waals surface area contributed by atoms with E-state index in [4.69, 9.17) is 28.4 Å². The molecule has 2 fully saturated rings. The molecule has 0 N–H and O–H groups in total. The van der Waals surface area contributed by atoms with Crippen molar-refractivity contribution in [3.8, 4) is 45.6 Å². The Bertz CT molecular complexity index is 1940. The van der Waals surface area contributed by atoms with Crippen LogP contribution in [0.4, 0.5) is 0 Å². The third kappa shape index (κ3) is 8.87. The first-order valence-corrected chi connectivity index (χ1v) is 19.8. The van der Waals surface area contributed by atoms with Crippen molar-refractivity contribution in [1.82, 2.24) is 0 Å². The summed E-state index contributed by atoms with van der Waals surface area (Å²) in [4.78, 5) is 0. The number of fused-ring (bicyclic) bond motifs is 2. The minimum Gasteiger partial charge on any atom is -0.493 e. The van der Waals surface area contributed by atoms with Crippen LogP contribution in [0, 0.1) is 11.8 Å². The molecule has 6 heteroatoms. The van der Waals surface area contributed by atoms with Gasteiger partial charge >= 0.3 is 0 Å². The zero-order valence-electron chi connectivity index (χ0n) is 31.1. The standard InChI is InChI=1S/C48H50O6/c1-3-11-35(12-4-1)31-49-39-21-25-41(26-22-39)51-33-53-45-29-19-37-15-7-9-17-43(37)47(45)48-44-18-10-8-16-38(44)20-30-46(48)54-34-52-42-27-23-40(24-28-42)50-32-36-13-5-2-6-14-36/h7-10,15-30,35-36H,1-6,11-14,31-34H2. The van der Waals surface area contributed by atoms with Crippen LogP contribution in [-0.2, 0) is 0 Å². The van der Waals surface area contributed by atoms with Crippen molar-refractivity contribution in [3.63, 3.8) is 0 Å². The molecule has 2 saturated carbocycles. The van der Waals surface area contributed by atoms with E-state index >= 15 is 0 Å². The molecule has 0 radical (unpaired) electrons. The van der Waals surface area contributed by atoms with Gasteiger partial charge in [0.25, 0.3) is 0 Å². The van der Waals surface area contributed by atoms with Crippen LogP contribution in [0.3, 0.4) is 0 Å². The Morgan fingerprint density at radius 1 is 0.352 bits per heavy atom. The Labute approximate surface area is 318 Å². The molecule has 2 aliphatic rings. The molecule has 0 bridgehead atoms.